The molecule has 5 heteroatoms. The zero-order valence-electron chi connectivity index (χ0n) is 13.3. The largest absolute Gasteiger partial charge is 0.478 e. The summed E-state index contributed by atoms with van der Waals surface area (Å²) in [5.41, 5.74) is 0. The van der Waals surface area contributed by atoms with Crippen LogP contribution >= 0.6 is 0 Å². The van der Waals surface area contributed by atoms with E-state index in [1.54, 1.807) is 0 Å². The van der Waals surface area contributed by atoms with Crippen molar-refractivity contribution in [1.29, 1.82) is 0 Å². The van der Waals surface area contributed by atoms with E-state index >= 15 is 0 Å². The first-order chi connectivity index (χ1) is 9.37. The minimum Gasteiger partial charge on any atom is -0.478 e. The second-order valence-electron chi connectivity index (χ2n) is 4.84. The molecule has 0 atom stereocenters. The number of aliphatic carboxylic acids is 2. The number of hydrogen-bond donors (Lipinski definition) is 2. The SMILES string of the molecule is CCC[N+](CC)(CCC)CCC.O=C(O)/C=C/C(=O)O. The molecule has 0 spiro atoms. The fourth-order valence-electron chi connectivity index (χ4n) is 2.38. The second kappa shape index (κ2) is 12.7. The Labute approximate surface area is 122 Å². The summed E-state index contributed by atoms with van der Waals surface area (Å²) in [6.45, 7) is 14.7. The van der Waals surface area contributed by atoms with Gasteiger partial charge in [-0.1, -0.05) is 20.8 Å². The molecule has 0 aromatic rings. The minimum absolute atomic E-state index is 0.558. The van der Waals surface area contributed by atoms with Crippen LogP contribution in [-0.2, 0) is 9.59 Å². The van der Waals surface area contributed by atoms with Crippen LogP contribution in [0, 0.1) is 0 Å². The molecule has 5 nitrogen and oxygen atoms in total. The zero-order valence-corrected chi connectivity index (χ0v) is 13.3. The van der Waals surface area contributed by atoms with Crippen molar-refractivity contribution in [1.82, 2.24) is 0 Å². The fourth-order valence-corrected chi connectivity index (χ4v) is 2.38. The van der Waals surface area contributed by atoms with Gasteiger partial charge in [0.2, 0.25) is 0 Å². The third kappa shape index (κ3) is 11.7. The standard InChI is InChI=1S/C11H26N.C4H4O4/c1-5-9-12(8-4,10-6-2)11-7-3;5-3(6)1-2-4(7)8/h5-11H2,1-4H3;1-2H,(H,5,6)(H,7,8)/q+1;/b;2-1+. The molecule has 0 bridgehead atoms. The first-order valence-corrected chi connectivity index (χ1v) is 7.36. The summed E-state index contributed by atoms with van der Waals surface area (Å²) in [6.07, 6.45) is 5.10. The van der Waals surface area contributed by atoms with Gasteiger partial charge in [0.05, 0.1) is 26.2 Å². The lowest BCUT2D eigenvalue weighted by Gasteiger charge is -2.37. The number of hydrogen-bond acceptors (Lipinski definition) is 2. The Morgan fingerprint density at radius 2 is 1.10 bits per heavy atom. The smallest absolute Gasteiger partial charge is 0.328 e. The van der Waals surface area contributed by atoms with Crippen molar-refractivity contribution in [2.45, 2.75) is 47.0 Å². The predicted octanol–water partition coefficient (Wildman–Crippen LogP) is 2.76. The van der Waals surface area contributed by atoms with E-state index in [0.717, 1.165) is 0 Å². The maximum absolute atomic E-state index is 9.55. The molecular weight excluding hydrogens is 258 g/mol. The Balaban J connectivity index is 0. The molecule has 118 valence electrons. The van der Waals surface area contributed by atoms with Gasteiger partial charge in [-0.3, -0.25) is 0 Å². The molecule has 0 aliphatic heterocycles. The molecule has 0 saturated heterocycles. The van der Waals surface area contributed by atoms with Crippen LogP contribution in [-0.4, -0.2) is 52.8 Å². The van der Waals surface area contributed by atoms with Crippen LogP contribution in [0.4, 0.5) is 0 Å². The van der Waals surface area contributed by atoms with Crippen LogP contribution in [0.25, 0.3) is 0 Å². The van der Waals surface area contributed by atoms with E-state index in [4.69, 9.17) is 10.2 Å². The van der Waals surface area contributed by atoms with Crippen LogP contribution < -0.4 is 0 Å². The maximum atomic E-state index is 9.55. The molecule has 0 saturated carbocycles. The van der Waals surface area contributed by atoms with Crippen LogP contribution in [0.5, 0.6) is 0 Å². The van der Waals surface area contributed by atoms with E-state index in [0.29, 0.717) is 12.2 Å². The van der Waals surface area contributed by atoms with Gasteiger partial charge in [0, 0.05) is 12.2 Å². The molecule has 0 fully saturated rings. The normalized spacial score (nSPS) is 11.0. The van der Waals surface area contributed by atoms with E-state index in [2.05, 4.69) is 27.7 Å². The summed E-state index contributed by atoms with van der Waals surface area (Å²) in [7, 11) is 0. The first-order valence-electron chi connectivity index (χ1n) is 7.36. The van der Waals surface area contributed by atoms with E-state index in [1.165, 1.54) is 49.9 Å². The molecule has 0 aliphatic carbocycles. The molecule has 0 radical (unpaired) electrons. The highest BCUT2D eigenvalue weighted by Gasteiger charge is 2.21. The van der Waals surface area contributed by atoms with Crippen molar-refractivity contribution >= 4 is 11.9 Å². The van der Waals surface area contributed by atoms with Crippen molar-refractivity contribution in [2.24, 2.45) is 0 Å². The molecule has 0 amide bonds. The van der Waals surface area contributed by atoms with Gasteiger partial charge >= 0.3 is 11.9 Å². The van der Waals surface area contributed by atoms with Gasteiger partial charge in [0.1, 0.15) is 0 Å². The Hall–Kier alpha value is -1.36. The van der Waals surface area contributed by atoms with Gasteiger partial charge in [-0.2, -0.15) is 0 Å². The molecule has 2 N–H and O–H groups in total. The maximum Gasteiger partial charge on any atom is 0.328 e. The Kier molecular flexibility index (Phi) is 13.3. The van der Waals surface area contributed by atoms with E-state index in [1.807, 2.05) is 0 Å². The Morgan fingerprint density at radius 1 is 0.800 bits per heavy atom. The number of carboxylic acid groups (broad SMARTS) is 2. The second-order valence-corrected chi connectivity index (χ2v) is 4.84. The number of carbonyl (C=O) groups is 2. The number of carboxylic acids is 2. The van der Waals surface area contributed by atoms with Crippen molar-refractivity contribution in [2.75, 3.05) is 26.2 Å². The average molecular weight is 288 g/mol. The van der Waals surface area contributed by atoms with E-state index < -0.39 is 11.9 Å². The van der Waals surface area contributed by atoms with Gasteiger partial charge in [0.25, 0.3) is 0 Å². The summed E-state index contributed by atoms with van der Waals surface area (Å²) in [5.74, 6) is -2.51. The molecule has 0 unspecified atom stereocenters. The monoisotopic (exact) mass is 288 g/mol. The molecule has 0 aromatic carbocycles. The van der Waals surface area contributed by atoms with Gasteiger partial charge in [-0.05, 0) is 26.2 Å². The van der Waals surface area contributed by atoms with E-state index in [9.17, 15) is 9.59 Å². The molecule has 0 rings (SSSR count). The topological polar surface area (TPSA) is 74.6 Å². The highest BCUT2D eigenvalue weighted by Crippen LogP contribution is 2.10. The van der Waals surface area contributed by atoms with Gasteiger partial charge in [0.15, 0.2) is 0 Å². The van der Waals surface area contributed by atoms with Crippen LogP contribution in [0.3, 0.4) is 0 Å². The first kappa shape index (κ1) is 20.9. The quantitative estimate of drug-likeness (QED) is 0.505. The third-order valence-corrected chi connectivity index (χ3v) is 3.13. The fraction of sp³-hybridized carbons (Fsp3) is 0.733. The zero-order chi connectivity index (χ0) is 16.0. The minimum atomic E-state index is -1.26. The molecule has 0 aliphatic rings. The molecule has 20 heavy (non-hydrogen) atoms. The number of nitrogens with zero attached hydrogens (tertiary/aromatic N) is 1. The Morgan fingerprint density at radius 3 is 1.25 bits per heavy atom. The average Bonchev–Trinajstić information content (AvgIpc) is 2.38. The summed E-state index contributed by atoms with van der Waals surface area (Å²) in [6, 6.07) is 0. The van der Waals surface area contributed by atoms with Crippen molar-refractivity contribution in [3.05, 3.63) is 12.2 Å². The molecule has 0 heterocycles. The number of quaternary nitrogens is 1. The van der Waals surface area contributed by atoms with Gasteiger partial charge in [-0.25, -0.2) is 9.59 Å². The van der Waals surface area contributed by atoms with Crippen molar-refractivity contribution in [3.63, 3.8) is 0 Å². The van der Waals surface area contributed by atoms with Crippen LogP contribution in [0.15, 0.2) is 12.2 Å². The lowest BCUT2D eigenvalue weighted by molar-refractivity contribution is -0.926. The summed E-state index contributed by atoms with van der Waals surface area (Å²) < 4.78 is 1.35. The van der Waals surface area contributed by atoms with E-state index in [-0.39, 0.29) is 0 Å². The summed E-state index contributed by atoms with van der Waals surface area (Å²) in [4.78, 5) is 19.1. The summed E-state index contributed by atoms with van der Waals surface area (Å²) in [5, 5.41) is 15.6. The summed E-state index contributed by atoms with van der Waals surface area (Å²) >= 11 is 0. The predicted molar refractivity (Wildman–Crippen MR) is 80.7 cm³/mol. The number of rotatable bonds is 9. The highest BCUT2D eigenvalue weighted by molar-refractivity contribution is 5.89. The van der Waals surface area contributed by atoms with Gasteiger partial charge < -0.3 is 14.7 Å². The van der Waals surface area contributed by atoms with Crippen LogP contribution in [0.2, 0.25) is 0 Å². The Bertz CT molecular complexity index is 267. The third-order valence-electron chi connectivity index (χ3n) is 3.13. The molecule has 0 aromatic heterocycles. The lowest BCUT2D eigenvalue weighted by Crippen LogP contribution is -2.49. The highest BCUT2D eigenvalue weighted by atomic mass is 16.4. The van der Waals surface area contributed by atoms with Crippen molar-refractivity contribution < 1.29 is 24.3 Å². The van der Waals surface area contributed by atoms with Crippen molar-refractivity contribution in [3.8, 4) is 0 Å². The lowest BCUT2D eigenvalue weighted by atomic mass is 10.2. The van der Waals surface area contributed by atoms with Crippen LogP contribution in [0.1, 0.15) is 47.0 Å². The van der Waals surface area contributed by atoms with Gasteiger partial charge in [-0.15, -0.1) is 0 Å². The molecular formula is C15H30NO4+.